The van der Waals surface area contributed by atoms with Gasteiger partial charge in [0, 0.05) is 30.4 Å². The Bertz CT molecular complexity index is 469. The minimum atomic E-state index is -0.245. The third kappa shape index (κ3) is 5.21. The number of aliphatic hydroxyl groups excluding tert-OH is 1. The van der Waals surface area contributed by atoms with Gasteiger partial charge in [-0.15, -0.1) is 0 Å². The monoisotopic (exact) mass is 330 g/mol. The third-order valence-electron chi connectivity index (χ3n) is 3.40. The third-order valence-corrected chi connectivity index (χ3v) is 5.20. The van der Waals surface area contributed by atoms with Crippen molar-refractivity contribution in [3.05, 3.63) is 0 Å². The lowest BCUT2D eigenvalue weighted by Crippen LogP contribution is -2.45. The Hall–Kier alpha value is -0.700. The summed E-state index contributed by atoms with van der Waals surface area (Å²) in [7, 11) is 0. The zero-order valence-corrected chi connectivity index (χ0v) is 14.0. The first-order valence-electron chi connectivity index (χ1n) is 7.25. The van der Waals surface area contributed by atoms with Crippen LogP contribution in [0.5, 0.6) is 0 Å². The van der Waals surface area contributed by atoms with Gasteiger partial charge in [-0.1, -0.05) is 25.6 Å². The van der Waals surface area contributed by atoms with Crippen LogP contribution in [0.1, 0.15) is 26.7 Å². The fraction of sp³-hybridized carbons (Fsp3) is 0.769. The standard InChI is InChI=1S/C13H22N4O2S2/c1-3-6-20-13-15-12(21-16-13)14-11(19)8-17-5-4-10(18)9(2)7-17/h9-10,18H,3-8H2,1-2H3,(H,14,15,16,19). The molecule has 2 heterocycles. The molecule has 1 aliphatic rings. The van der Waals surface area contributed by atoms with Gasteiger partial charge < -0.3 is 5.11 Å². The second-order valence-corrected chi connectivity index (χ2v) is 7.16. The Labute approximate surface area is 133 Å². The van der Waals surface area contributed by atoms with Crippen LogP contribution in [0.3, 0.4) is 0 Å². The molecule has 118 valence electrons. The molecule has 0 spiro atoms. The highest BCUT2D eigenvalue weighted by atomic mass is 32.2. The number of hydrogen-bond acceptors (Lipinski definition) is 7. The SMILES string of the molecule is CCCSc1nsc(NC(=O)CN2CCC(O)C(C)C2)n1. The number of carbonyl (C=O) groups excluding carboxylic acids is 1. The normalized spacial score (nSPS) is 23.2. The molecule has 1 aromatic rings. The zero-order valence-electron chi connectivity index (χ0n) is 12.4. The van der Waals surface area contributed by atoms with E-state index >= 15 is 0 Å². The predicted molar refractivity (Wildman–Crippen MR) is 85.8 cm³/mol. The van der Waals surface area contributed by atoms with Crippen LogP contribution in [-0.2, 0) is 4.79 Å². The van der Waals surface area contributed by atoms with Crippen molar-refractivity contribution in [2.24, 2.45) is 5.92 Å². The van der Waals surface area contributed by atoms with Crippen LogP contribution in [0, 0.1) is 5.92 Å². The van der Waals surface area contributed by atoms with Crippen LogP contribution >= 0.6 is 23.3 Å². The number of piperidine rings is 1. The van der Waals surface area contributed by atoms with Crippen molar-refractivity contribution in [3.8, 4) is 0 Å². The maximum atomic E-state index is 12.0. The maximum absolute atomic E-state index is 12.0. The molecule has 1 aromatic heterocycles. The van der Waals surface area contributed by atoms with E-state index in [0.717, 1.165) is 36.8 Å². The van der Waals surface area contributed by atoms with Gasteiger partial charge in [-0.2, -0.15) is 9.36 Å². The van der Waals surface area contributed by atoms with Crippen molar-refractivity contribution in [3.63, 3.8) is 0 Å². The minimum Gasteiger partial charge on any atom is -0.393 e. The number of amides is 1. The first-order chi connectivity index (χ1) is 10.1. The Kier molecular flexibility index (Phi) is 6.40. The molecular weight excluding hydrogens is 308 g/mol. The minimum absolute atomic E-state index is 0.0678. The molecule has 0 bridgehead atoms. The Morgan fingerprint density at radius 3 is 3.14 bits per heavy atom. The molecule has 1 saturated heterocycles. The van der Waals surface area contributed by atoms with Crippen molar-refractivity contribution < 1.29 is 9.90 Å². The Morgan fingerprint density at radius 2 is 2.43 bits per heavy atom. The summed E-state index contributed by atoms with van der Waals surface area (Å²) in [6.45, 7) is 5.97. The molecule has 8 heteroatoms. The summed E-state index contributed by atoms with van der Waals surface area (Å²) in [5.41, 5.74) is 0. The van der Waals surface area contributed by atoms with Crippen LogP contribution in [0.25, 0.3) is 0 Å². The first kappa shape index (κ1) is 16.7. The van der Waals surface area contributed by atoms with Crippen LogP contribution < -0.4 is 5.32 Å². The van der Waals surface area contributed by atoms with Crippen LogP contribution in [0.15, 0.2) is 5.16 Å². The van der Waals surface area contributed by atoms with Gasteiger partial charge in [-0.05, 0) is 18.8 Å². The number of aromatic nitrogens is 2. The summed E-state index contributed by atoms with van der Waals surface area (Å²) in [5, 5.41) is 13.8. The van der Waals surface area contributed by atoms with Gasteiger partial charge in [0.05, 0.1) is 12.6 Å². The number of carbonyl (C=O) groups is 1. The number of rotatable bonds is 6. The Balaban J connectivity index is 1.77. The highest BCUT2D eigenvalue weighted by molar-refractivity contribution is 7.99. The first-order valence-corrected chi connectivity index (χ1v) is 9.01. The van der Waals surface area contributed by atoms with Crippen molar-refractivity contribution in [2.75, 3.05) is 30.7 Å². The van der Waals surface area contributed by atoms with E-state index in [1.165, 1.54) is 11.5 Å². The molecule has 0 saturated carbocycles. The topological polar surface area (TPSA) is 78.4 Å². The molecule has 2 atom stereocenters. The van der Waals surface area contributed by atoms with Gasteiger partial charge >= 0.3 is 0 Å². The molecule has 0 radical (unpaired) electrons. The molecule has 1 fully saturated rings. The largest absolute Gasteiger partial charge is 0.393 e. The summed E-state index contributed by atoms with van der Waals surface area (Å²) in [6.07, 6.45) is 1.56. The highest BCUT2D eigenvalue weighted by Gasteiger charge is 2.25. The van der Waals surface area contributed by atoms with Crippen molar-refractivity contribution in [2.45, 2.75) is 37.9 Å². The lowest BCUT2D eigenvalue weighted by atomic mass is 9.97. The van der Waals surface area contributed by atoms with Gasteiger partial charge in [-0.3, -0.25) is 15.0 Å². The second-order valence-electron chi connectivity index (χ2n) is 5.35. The Morgan fingerprint density at radius 1 is 1.62 bits per heavy atom. The molecular formula is C13H22N4O2S2. The summed E-state index contributed by atoms with van der Waals surface area (Å²) in [6, 6.07) is 0. The lowest BCUT2D eigenvalue weighted by Gasteiger charge is -2.33. The molecule has 1 aliphatic heterocycles. The van der Waals surface area contributed by atoms with Crippen LogP contribution in [0.2, 0.25) is 0 Å². The zero-order chi connectivity index (χ0) is 15.2. The van der Waals surface area contributed by atoms with Crippen molar-refractivity contribution >= 4 is 34.3 Å². The smallest absolute Gasteiger partial charge is 0.240 e. The second kappa shape index (κ2) is 8.07. The van der Waals surface area contributed by atoms with E-state index in [1.54, 1.807) is 11.8 Å². The van der Waals surface area contributed by atoms with Gasteiger partial charge in [0.1, 0.15) is 0 Å². The van der Waals surface area contributed by atoms with E-state index in [1.807, 2.05) is 6.92 Å². The average Bonchev–Trinajstić information content (AvgIpc) is 2.88. The van der Waals surface area contributed by atoms with Crippen LogP contribution in [-0.4, -0.2) is 56.8 Å². The summed E-state index contributed by atoms with van der Waals surface area (Å²) < 4.78 is 4.21. The fourth-order valence-corrected chi connectivity index (χ4v) is 3.65. The van der Waals surface area contributed by atoms with Crippen molar-refractivity contribution in [1.29, 1.82) is 0 Å². The van der Waals surface area contributed by atoms with E-state index in [4.69, 9.17) is 0 Å². The number of aliphatic hydroxyl groups is 1. The summed E-state index contributed by atoms with van der Waals surface area (Å²) >= 11 is 2.82. The van der Waals surface area contributed by atoms with E-state index in [2.05, 4.69) is 26.5 Å². The number of nitrogens with one attached hydrogen (secondary N) is 1. The lowest BCUT2D eigenvalue weighted by molar-refractivity contribution is -0.118. The molecule has 6 nitrogen and oxygen atoms in total. The number of anilines is 1. The molecule has 2 N–H and O–H groups in total. The fourth-order valence-electron chi connectivity index (χ4n) is 2.24. The van der Waals surface area contributed by atoms with Gasteiger partial charge in [0.15, 0.2) is 0 Å². The van der Waals surface area contributed by atoms with Gasteiger partial charge in [0.2, 0.25) is 16.2 Å². The van der Waals surface area contributed by atoms with E-state index in [9.17, 15) is 9.90 Å². The molecule has 21 heavy (non-hydrogen) atoms. The summed E-state index contributed by atoms with van der Waals surface area (Å²) in [4.78, 5) is 18.4. The maximum Gasteiger partial charge on any atom is 0.240 e. The molecule has 0 aromatic carbocycles. The predicted octanol–water partition coefficient (Wildman–Crippen LogP) is 1.68. The molecule has 2 rings (SSSR count). The van der Waals surface area contributed by atoms with Gasteiger partial charge in [0.25, 0.3) is 0 Å². The molecule has 1 amide bonds. The quantitative estimate of drug-likeness (QED) is 0.773. The van der Waals surface area contributed by atoms with E-state index < -0.39 is 0 Å². The number of nitrogens with zero attached hydrogens (tertiary/aromatic N) is 3. The number of hydrogen-bond donors (Lipinski definition) is 2. The van der Waals surface area contributed by atoms with Gasteiger partial charge in [-0.25, -0.2) is 0 Å². The number of thioether (sulfide) groups is 1. The highest BCUT2D eigenvalue weighted by Crippen LogP contribution is 2.21. The van der Waals surface area contributed by atoms with E-state index in [0.29, 0.717) is 11.7 Å². The summed E-state index contributed by atoms with van der Waals surface area (Å²) in [5.74, 6) is 1.13. The molecule has 2 unspecified atom stereocenters. The average molecular weight is 330 g/mol. The van der Waals surface area contributed by atoms with E-state index in [-0.39, 0.29) is 17.9 Å². The van der Waals surface area contributed by atoms with Crippen LogP contribution in [0.4, 0.5) is 5.13 Å². The van der Waals surface area contributed by atoms with Crippen molar-refractivity contribution in [1.82, 2.24) is 14.3 Å². The molecule has 0 aliphatic carbocycles. The number of likely N-dealkylation sites (tertiary alicyclic amines) is 1.